The number of H-pyrrole nitrogens is 1. The molecule has 0 spiro atoms. The number of aromatic nitrogens is 1. The summed E-state index contributed by atoms with van der Waals surface area (Å²) in [5, 5.41) is 7.54. The van der Waals surface area contributed by atoms with Crippen LogP contribution in [0.2, 0.25) is 5.02 Å². The summed E-state index contributed by atoms with van der Waals surface area (Å²) in [6, 6.07) is 8.02. The predicted octanol–water partition coefficient (Wildman–Crippen LogP) is 4.94. The third-order valence-corrected chi connectivity index (χ3v) is 5.18. The van der Waals surface area contributed by atoms with Crippen LogP contribution in [0.3, 0.4) is 0 Å². The van der Waals surface area contributed by atoms with Crippen molar-refractivity contribution in [2.24, 2.45) is 0 Å². The first kappa shape index (κ1) is 13.2. The Morgan fingerprint density at radius 1 is 1.26 bits per heavy atom. The Labute approximate surface area is 128 Å². The average molecular weight is 356 g/mol. The fourth-order valence-electron chi connectivity index (χ4n) is 2.07. The molecule has 2 nitrogen and oxygen atoms in total. The second kappa shape index (κ2) is 5.67. The summed E-state index contributed by atoms with van der Waals surface area (Å²) >= 11 is 11.3. The molecule has 5 heteroatoms. The van der Waals surface area contributed by atoms with Crippen LogP contribution < -0.4 is 5.32 Å². The van der Waals surface area contributed by atoms with E-state index in [0.29, 0.717) is 0 Å². The maximum Gasteiger partial charge on any atom is 0.0472 e. The van der Waals surface area contributed by atoms with Crippen LogP contribution in [0.1, 0.15) is 10.4 Å². The van der Waals surface area contributed by atoms with E-state index in [1.807, 2.05) is 18.3 Å². The third-order valence-electron chi connectivity index (χ3n) is 3.02. The highest BCUT2D eigenvalue weighted by Gasteiger charge is 2.05. The molecular weight excluding hydrogens is 344 g/mol. The van der Waals surface area contributed by atoms with Gasteiger partial charge >= 0.3 is 0 Å². The van der Waals surface area contributed by atoms with Crippen molar-refractivity contribution in [2.45, 2.75) is 13.1 Å². The van der Waals surface area contributed by atoms with Crippen LogP contribution in [0.5, 0.6) is 0 Å². The Morgan fingerprint density at radius 2 is 2.16 bits per heavy atom. The molecule has 2 N–H and O–H groups in total. The van der Waals surface area contributed by atoms with Gasteiger partial charge in [0.1, 0.15) is 0 Å². The van der Waals surface area contributed by atoms with Crippen molar-refractivity contribution < 1.29 is 0 Å². The number of halogens is 2. The molecule has 0 aliphatic carbocycles. The third kappa shape index (κ3) is 2.87. The van der Waals surface area contributed by atoms with E-state index in [9.17, 15) is 0 Å². The molecule has 98 valence electrons. The molecule has 2 heterocycles. The quantitative estimate of drug-likeness (QED) is 0.682. The van der Waals surface area contributed by atoms with Crippen molar-refractivity contribution in [1.82, 2.24) is 10.3 Å². The van der Waals surface area contributed by atoms with Gasteiger partial charge in [0.25, 0.3) is 0 Å². The Hall–Kier alpha value is -0.810. The minimum Gasteiger partial charge on any atom is -0.361 e. The van der Waals surface area contributed by atoms with E-state index in [1.165, 1.54) is 20.3 Å². The molecule has 0 fully saturated rings. The number of rotatable bonds is 4. The fraction of sp³-hybridized carbons (Fsp3) is 0.143. The van der Waals surface area contributed by atoms with Crippen LogP contribution in [0.15, 0.2) is 40.3 Å². The smallest absolute Gasteiger partial charge is 0.0472 e. The lowest BCUT2D eigenvalue weighted by atomic mass is 10.2. The molecule has 0 saturated heterocycles. The molecule has 0 atom stereocenters. The van der Waals surface area contributed by atoms with E-state index in [1.54, 1.807) is 11.3 Å². The molecule has 19 heavy (non-hydrogen) atoms. The number of hydrogen-bond acceptors (Lipinski definition) is 2. The zero-order chi connectivity index (χ0) is 13.2. The highest BCUT2D eigenvalue weighted by Crippen LogP contribution is 2.24. The summed E-state index contributed by atoms with van der Waals surface area (Å²) in [5.74, 6) is 0. The first-order valence-electron chi connectivity index (χ1n) is 5.92. The minimum absolute atomic E-state index is 0.761. The lowest BCUT2D eigenvalue weighted by molar-refractivity contribution is 0.702. The van der Waals surface area contributed by atoms with E-state index >= 15 is 0 Å². The van der Waals surface area contributed by atoms with Crippen molar-refractivity contribution in [3.63, 3.8) is 0 Å². The lowest BCUT2D eigenvalue weighted by Crippen LogP contribution is -2.11. The van der Waals surface area contributed by atoms with E-state index in [4.69, 9.17) is 11.6 Å². The van der Waals surface area contributed by atoms with E-state index in [-0.39, 0.29) is 0 Å². The highest BCUT2D eigenvalue weighted by molar-refractivity contribution is 9.10. The Balaban J connectivity index is 1.70. The Kier molecular flexibility index (Phi) is 3.93. The Morgan fingerprint density at radius 3 is 2.95 bits per heavy atom. The second-order valence-corrected chi connectivity index (χ2v) is 6.59. The highest BCUT2D eigenvalue weighted by atomic mass is 79.9. The molecule has 1 aromatic carbocycles. The van der Waals surface area contributed by atoms with E-state index in [2.05, 4.69) is 43.7 Å². The molecule has 0 unspecified atom stereocenters. The van der Waals surface area contributed by atoms with Gasteiger partial charge in [0.05, 0.1) is 0 Å². The number of thiophene rings is 1. The number of aromatic amines is 1. The van der Waals surface area contributed by atoms with Gasteiger partial charge in [-0.1, -0.05) is 17.7 Å². The van der Waals surface area contributed by atoms with E-state index < -0.39 is 0 Å². The molecule has 0 amide bonds. The van der Waals surface area contributed by atoms with Crippen LogP contribution in [-0.2, 0) is 13.1 Å². The van der Waals surface area contributed by atoms with Gasteiger partial charge in [-0.05, 0) is 45.1 Å². The summed E-state index contributed by atoms with van der Waals surface area (Å²) in [7, 11) is 0. The molecule has 0 saturated carbocycles. The monoisotopic (exact) mass is 354 g/mol. The topological polar surface area (TPSA) is 27.8 Å². The Bertz CT molecular complexity index is 704. The summed E-state index contributed by atoms with van der Waals surface area (Å²) in [6.45, 7) is 1.71. The van der Waals surface area contributed by atoms with Crippen LogP contribution in [-0.4, -0.2) is 4.98 Å². The summed E-state index contributed by atoms with van der Waals surface area (Å²) < 4.78 is 1.18. The molecule has 0 bridgehead atoms. The minimum atomic E-state index is 0.761. The normalized spacial score (nSPS) is 11.3. The second-order valence-electron chi connectivity index (χ2n) is 4.30. The molecule has 0 aliphatic rings. The first-order valence-corrected chi connectivity index (χ1v) is 7.97. The zero-order valence-corrected chi connectivity index (χ0v) is 13.2. The summed E-state index contributed by atoms with van der Waals surface area (Å²) in [4.78, 5) is 4.58. The van der Waals surface area contributed by atoms with Crippen LogP contribution >= 0.6 is 38.9 Å². The van der Waals surface area contributed by atoms with Gasteiger partial charge in [-0.15, -0.1) is 11.3 Å². The van der Waals surface area contributed by atoms with Gasteiger partial charge in [0.15, 0.2) is 0 Å². The number of fused-ring (bicyclic) bond motifs is 1. The largest absolute Gasteiger partial charge is 0.361 e. The zero-order valence-electron chi connectivity index (χ0n) is 10.0. The fourth-order valence-corrected chi connectivity index (χ4v) is 3.70. The van der Waals surface area contributed by atoms with Crippen molar-refractivity contribution in [3.05, 3.63) is 55.8 Å². The van der Waals surface area contributed by atoms with E-state index in [0.717, 1.165) is 23.6 Å². The lowest BCUT2D eigenvalue weighted by Gasteiger charge is -2.03. The predicted molar refractivity (Wildman–Crippen MR) is 85.9 cm³/mol. The van der Waals surface area contributed by atoms with Crippen LogP contribution in [0, 0.1) is 0 Å². The van der Waals surface area contributed by atoms with Gasteiger partial charge < -0.3 is 10.3 Å². The van der Waals surface area contributed by atoms with Gasteiger partial charge in [-0.2, -0.15) is 0 Å². The molecule has 3 rings (SSSR count). The summed E-state index contributed by atoms with van der Waals surface area (Å²) in [5.41, 5.74) is 2.35. The molecule has 2 aromatic heterocycles. The van der Waals surface area contributed by atoms with Crippen molar-refractivity contribution in [1.29, 1.82) is 0 Å². The average Bonchev–Trinajstić information content (AvgIpc) is 2.97. The molecule has 3 aromatic rings. The van der Waals surface area contributed by atoms with Crippen molar-refractivity contribution >= 4 is 49.8 Å². The standard InChI is InChI=1S/C14H12BrClN2S/c15-12-3-4-19-14(12)8-17-6-9-7-18-13-5-10(16)1-2-11(9)13/h1-5,7,17-18H,6,8H2. The van der Waals surface area contributed by atoms with Gasteiger partial charge in [-0.3, -0.25) is 0 Å². The SMILES string of the molecule is Clc1ccc2c(CNCc3sccc3Br)c[nH]c2c1. The van der Waals surface area contributed by atoms with Gasteiger partial charge in [-0.25, -0.2) is 0 Å². The maximum atomic E-state index is 5.98. The summed E-state index contributed by atoms with van der Waals surface area (Å²) in [6.07, 6.45) is 2.04. The van der Waals surface area contributed by atoms with Gasteiger partial charge in [0.2, 0.25) is 0 Å². The van der Waals surface area contributed by atoms with Gasteiger partial charge in [0, 0.05) is 44.6 Å². The van der Waals surface area contributed by atoms with Crippen LogP contribution in [0.4, 0.5) is 0 Å². The molecular formula is C14H12BrClN2S. The first-order chi connectivity index (χ1) is 9.24. The number of nitrogens with one attached hydrogen (secondary N) is 2. The number of benzene rings is 1. The van der Waals surface area contributed by atoms with Crippen molar-refractivity contribution in [2.75, 3.05) is 0 Å². The number of hydrogen-bond donors (Lipinski definition) is 2. The maximum absolute atomic E-state index is 5.98. The molecule has 0 radical (unpaired) electrons. The van der Waals surface area contributed by atoms with Crippen LogP contribution in [0.25, 0.3) is 10.9 Å². The molecule has 0 aliphatic heterocycles. The van der Waals surface area contributed by atoms with Crippen molar-refractivity contribution in [3.8, 4) is 0 Å².